The fraction of sp³-hybridized carbons (Fsp3) is 0.941. The summed E-state index contributed by atoms with van der Waals surface area (Å²) in [4.78, 5) is 11.8. The lowest BCUT2D eigenvalue weighted by atomic mass is 9.83. The van der Waals surface area contributed by atoms with E-state index in [1.807, 2.05) is 20.8 Å². The van der Waals surface area contributed by atoms with Crippen molar-refractivity contribution in [1.29, 1.82) is 0 Å². The van der Waals surface area contributed by atoms with Gasteiger partial charge in [0.2, 0.25) is 0 Å². The summed E-state index contributed by atoms with van der Waals surface area (Å²) in [6, 6.07) is 0.398. The van der Waals surface area contributed by atoms with Crippen molar-refractivity contribution in [3.05, 3.63) is 0 Å². The number of nitrogens with one attached hydrogen (secondary N) is 2. The number of alkyl carbamates (subject to hydrolysis) is 1. The maximum Gasteiger partial charge on any atom is 0.407 e. The molecule has 3 N–H and O–H groups in total. The van der Waals surface area contributed by atoms with Crippen LogP contribution >= 0.6 is 0 Å². The third-order valence-electron chi connectivity index (χ3n) is 4.09. The summed E-state index contributed by atoms with van der Waals surface area (Å²) in [5.74, 6) is 0.427. The van der Waals surface area contributed by atoms with E-state index in [-0.39, 0.29) is 18.1 Å². The molecule has 1 fully saturated rings. The van der Waals surface area contributed by atoms with E-state index >= 15 is 0 Å². The van der Waals surface area contributed by atoms with Gasteiger partial charge in [0.1, 0.15) is 5.60 Å². The standard InChI is InChI=1S/C17H34N2O3/c1-16(2,3)22-15(21)18-10-13-8-6-7-9-14(13)19-11-17(4,5)12-20/h13-14,19-20H,6-12H2,1-5H3,(H,18,21). The minimum Gasteiger partial charge on any atom is -0.444 e. The molecule has 5 nitrogen and oxygen atoms in total. The Bertz CT molecular complexity index is 350. The molecule has 5 heteroatoms. The number of aliphatic hydroxyl groups excluding tert-OH is 1. The van der Waals surface area contributed by atoms with Gasteiger partial charge in [0, 0.05) is 31.2 Å². The number of aliphatic hydroxyl groups is 1. The normalized spacial score (nSPS) is 23.2. The summed E-state index contributed by atoms with van der Waals surface area (Å²) >= 11 is 0. The van der Waals surface area contributed by atoms with Gasteiger partial charge in [-0.2, -0.15) is 0 Å². The summed E-state index contributed by atoms with van der Waals surface area (Å²) in [5, 5.41) is 15.8. The van der Waals surface area contributed by atoms with Crippen LogP contribution in [0.5, 0.6) is 0 Å². The number of rotatable bonds is 6. The van der Waals surface area contributed by atoms with Crippen LogP contribution in [0.3, 0.4) is 0 Å². The van der Waals surface area contributed by atoms with Gasteiger partial charge in [-0.05, 0) is 39.5 Å². The van der Waals surface area contributed by atoms with Crippen molar-refractivity contribution in [2.45, 2.75) is 71.9 Å². The molecule has 22 heavy (non-hydrogen) atoms. The number of amides is 1. The number of ether oxygens (including phenoxy) is 1. The molecule has 0 spiro atoms. The van der Waals surface area contributed by atoms with Crippen LogP contribution in [-0.4, -0.2) is 42.5 Å². The lowest BCUT2D eigenvalue weighted by molar-refractivity contribution is 0.0509. The summed E-state index contributed by atoms with van der Waals surface area (Å²) in [6.45, 7) is 11.3. The van der Waals surface area contributed by atoms with Gasteiger partial charge >= 0.3 is 6.09 Å². The van der Waals surface area contributed by atoms with Crippen molar-refractivity contribution < 1.29 is 14.6 Å². The topological polar surface area (TPSA) is 70.6 Å². The maximum atomic E-state index is 11.8. The summed E-state index contributed by atoms with van der Waals surface area (Å²) in [5.41, 5.74) is -0.569. The first-order valence-electron chi connectivity index (χ1n) is 8.44. The minimum atomic E-state index is -0.459. The van der Waals surface area contributed by atoms with E-state index in [1.54, 1.807) is 0 Å². The molecule has 130 valence electrons. The Labute approximate surface area is 135 Å². The molecule has 2 unspecified atom stereocenters. The Morgan fingerprint density at radius 2 is 1.82 bits per heavy atom. The second kappa shape index (κ2) is 8.16. The molecule has 1 saturated carbocycles. The van der Waals surface area contributed by atoms with Crippen molar-refractivity contribution in [2.75, 3.05) is 19.7 Å². The van der Waals surface area contributed by atoms with Crippen LogP contribution in [0, 0.1) is 11.3 Å². The molecule has 0 aromatic rings. The van der Waals surface area contributed by atoms with Crippen molar-refractivity contribution in [2.24, 2.45) is 11.3 Å². The predicted molar refractivity (Wildman–Crippen MR) is 88.9 cm³/mol. The van der Waals surface area contributed by atoms with E-state index in [1.165, 1.54) is 12.8 Å². The van der Waals surface area contributed by atoms with Crippen LogP contribution in [-0.2, 0) is 4.74 Å². The molecule has 1 rings (SSSR count). The van der Waals surface area contributed by atoms with E-state index in [9.17, 15) is 9.90 Å². The Morgan fingerprint density at radius 1 is 1.18 bits per heavy atom. The molecule has 0 aliphatic heterocycles. The van der Waals surface area contributed by atoms with Crippen molar-refractivity contribution in [1.82, 2.24) is 10.6 Å². The molecule has 2 atom stereocenters. The van der Waals surface area contributed by atoms with Crippen LogP contribution < -0.4 is 10.6 Å². The zero-order chi connectivity index (χ0) is 16.8. The lowest BCUT2D eigenvalue weighted by Crippen LogP contribution is -2.47. The monoisotopic (exact) mass is 314 g/mol. The molecule has 0 aromatic heterocycles. The summed E-state index contributed by atoms with van der Waals surface area (Å²) < 4.78 is 5.29. The molecule has 0 bridgehead atoms. The highest BCUT2D eigenvalue weighted by Crippen LogP contribution is 2.25. The van der Waals surface area contributed by atoms with E-state index < -0.39 is 5.60 Å². The molecular weight excluding hydrogens is 280 g/mol. The Balaban J connectivity index is 2.43. The second-order valence-corrected chi connectivity index (χ2v) is 8.24. The van der Waals surface area contributed by atoms with Gasteiger partial charge < -0.3 is 20.5 Å². The van der Waals surface area contributed by atoms with Crippen LogP contribution in [0.25, 0.3) is 0 Å². The van der Waals surface area contributed by atoms with Crippen LogP contribution in [0.1, 0.15) is 60.3 Å². The van der Waals surface area contributed by atoms with Crippen LogP contribution in [0.4, 0.5) is 4.79 Å². The third-order valence-corrected chi connectivity index (χ3v) is 4.09. The molecule has 1 amide bonds. The lowest BCUT2D eigenvalue weighted by Gasteiger charge is -2.35. The van der Waals surface area contributed by atoms with Crippen LogP contribution in [0.2, 0.25) is 0 Å². The summed E-state index contributed by atoms with van der Waals surface area (Å²) in [6.07, 6.45) is 4.34. The van der Waals surface area contributed by atoms with Gasteiger partial charge in [0.15, 0.2) is 0 Å². The van der Waals surface area contributed by atoms with Gasteiger partial charge in [-0.3, -0.25) is 0 Å². The molecule has 0 saturated heterocycles. The SMILES string of the molecule is CC(C)(CO)CNC1CCCCC1CNC(=O)OC(C)(C)C. The highest BCUT2D eigenvalue weighted by atomic mass is 16.6. The predicted octanol–water partition coefficient (Wildman–Crippen LogP) is 2.68. The number of carbonyl (C=O) groups is 1. The van der Waals surface area contributed by atoms with Crippen LogP contribution in [0.15, 0.2) is 0 Å². The molecule has 1 aliphatic rings. The largest absolute Gasteiger partial charge is 0.444 e. The zero-order valence-corrected chi connectivity index (χ0v) is 14.9. The van der Waals surface area contributed by atoms with E-state index in [4.69, 9.17) is 4.74 Å². The van der Waals surface area contributed by atoms with Crippen molar-refractivity contribution >= 4 is 6.09 Å². The average Bonchev–Trinajstić information content (AvgIpc) is 2.42. The number of hydrogen-bond donors (Lipinski definition) is 3. The zero-order valence-electron chi connectivity index (χ0n) is 14.9. The van der Waals surface area contributed by atoms with E-state index in [0.29, 0.717) is 18.5 Å². The third kappa shape index (κ3) is 7.45. The molecule has 0 aromatic carbocycles. The maximum absolute atomic E-state index is 11.8. The molecule has 1 aliphatic carbocycles. The smallest absolute Gasteiger partial charge is 0.407 e. The fourth-order valence-corrected chi connectivity index (χ4v) is 2.71. The van der Waals surface area contributed by atoms with Gasteiger partial charge in [-0.25, -0.2) is 4.79 Å². The van der Waals surface area contributed by atoms with E-state index in [2.05, 4.69) is 24.5 Å². The van der Waals surface area contributed by atoms with E-state index in [0.717, 1.165) is 19.4 Å². The number of hydrogen-bond acceptors (Lipinski definition) is 4. The quantitative estimate of drug-likeness (QED) is 0.705. The minimum absolute atomic E-state index is 0.111. The Kier molecular flexibility index (Phi) is 7.13. The summed E-state index contributed by atoms with van der Waals surface area (Å²) in [7, 11) is 0. The van der Waals surface area contributed by atoms with Gasteiger partial charge in [-0.1, -0.05) is 26.7 Å². The molecular formula is C17H34N2O3. The Morgan fingerprint density at radius 3 is 2.41 bits per heavy atom. The second-order valence-electron chi connectivity index (χ2n) is 8.24. The first-order valence-corrected chi connectivity index (χ1v) is 8.44. The van der Waals surface area contributed by atoms with Gasteiger partial charge in [0.25, 0.3) is 0 Å². The fourth-order valence-electron chi connectivity index (χ4n) is 2.71. The molecule has 0 radical (unpaired) electrons. The van der Waals surface area contributed by atoms with Gasteiger partial charge in [-0.15, -0.1) is 0 Å². The highest BCUT2D eigenvalue weighted by Gasteiger charge is 2.28. The van der Waals surface area contributed by atoms with Gasteiger partial charge in [0.05, 0.1) is 0 Å². The average molecular weight is 314 g/mol. The molecule has 0 heterocycles. The Hall–Kier alpha value is -0.810. The first kappa shape index (κ1) is 19.2. The first-order chi connectivity index (χ1) is 10.1. The highest BCUT2D eigenvalue weighted by molar-refractivity contribution is 5.67. The number of carbonyl (C=O) groups excluding carboxylic acids is 1. The van der Waals surface area contributed by atoms with Crippen molar-refractivity contribution in [3.8, 4) is 0 Å². The van der Waals surface area contributed by atoms with Crippen molar-refractivity contribution in [3.63, 3.8) is 0 Å².